The predicted octanol–water partition coefficient (Wildman–Crippen LogP) is 2.47. The van der Waals surface area contributed by atoms with Gasteiger partial charge < -0.3 is 10.6 Å². The highest BCUT2D eigenvalue weighted by molar-refractivity contribution is 9.10. The second kappa shape index (κ2) is 5.17. The summed E-state index contributed by atoms with van der Waals surface area (Å²) in [7, 11) is 1.92. The topological polar surface area (TPSA) is 65.9 Å². The van der Waals surface area contributed by atoms with Gasteiger partial charge in [0.1, 0.15) is 5.82 Å². The van der Waals surface area contributed by atoms with E-state index >= 15 is 0 Å². The molecule has 0 saturated carbocycles. The molecule has 86 valence electrons. The molecule has 0 aliphatic carbocycles. The zero-order valence-electron chi connectivity index (χ0n) is 9.66. The van der Waals surface area contributed by atoms with Crippen LogP contribution >= 0.6 is 15.9 Å². The summed E-state index contributed by atoms with van der Waals surface area (Å²) in [6.07, 6.45) is 2.11. The summed E-state index contributed by atoms with van der Waals surface area (Å²) in [6, 6.07) is 2.28. The van der Waals surface area contributed by atoms with Gasteiger partial charge in [0.05, 0.1) is 28.8 Å². The Morgan fingerprint density at radius 3 is 2.88 bits per heavy atom. The molecule has 1 rings (SSSR count). The first-order valence-electron chi connectivity index (χ1n) is 4.99. The first-order valence-corrected chi connectivity index (χ1v) is 5.78. The monoisotopic (exact) mass is 282 g/mol. The summed E-state index contributed by atoms with van der Waals surface area (Å²) >= 11 is 3.48. The van der Waals surface area contributed by atoms with Gasteiger partial charge in [-0.2, -0.15) is 5.26 Å². The fourth-order valence-electron chi connectivity index (χ4n) is 1.30. The first kappa shape index (κ1) is 12.8. The zero-order chi connectivity index (χ0) is 12.3. The Morgan fingerprint density at radius 1 is 1.69 bits per heavy atom. The largest absolute Gasteiger partial charge is 0.397 e. The van der Waals surface area contributed by atoms with E-state index in [2.05, 4.69) is 27.0 Å². The van der Waals surface area contributed by atoms with E-state index in [1.807, 2.05) is 25.8 Å². The summed E-state index contributed by atoms with van der Waals surface area (Å²) < 4.78 is 0.889. The fourth-order valence-corrected chi connectivity index (χ4v) is 1.91. The molecule has 0 saturated heterocycles. The van der Waals surface area contributed by atoms with E-state index in [1.165, 1.54) is 0 Å². The molecule has 4 nitrogen and oxygen atoms in total. The number of aromatic nitrogens is 1. The first-order chi connectivity index (χ1) is 7.49. The number of anilines is 2. The van der Waals surface area contributed by atoms with Crippen LogP contribution in [0.2, 0.25) is 0 Å². The maximum atomic E-state index is 8.67. The average Bonchev–Trinajstić information content (AvgIpc) is 2.26. The molecule has 2 N–H and O–H groups in total. The van der Waals surface area contributed by atoms with Crippen molar-refractivity contribution in [2.45, 2.75) is 26.3 Å². The molecule has 0 spiro atoms. The van der Waals surface area contributed by atoms with Gasteiger partial charge in [0, 0.05) is 13.1 Å². The number of rotatable bonds is 3. The number of hydrogen-bond acceptors (Lipinski definition) is 4. The molecule has 0 aliphatic rings. The van der Waals surface area contributed by atoms with Crippen molar-refractivity contribution in [1.29, 1.82) is 5.26 Å². The highest BCUT2D eigenvalue weighted by atomic mass is 79.9. The maximum Gasteiger partial charge on any atom is 0.143 e. The Kier molecular flexibility index (Phi) is 4.13. The van der Waals surface area contributed by atoms with Crippen LogP contribution in [0.3, 0.4) is 0 Å². The van der Waals surface area contributed by atoms with E-state index in [9.17, 15) is 0 Å². The smallest absolute Gasteiger partial charge is 0.143 e. The molecule has 5 heteroatoms. The van der Waals surface area contributed by atoms with Crippen LogP contribution in [0.15, 0.2) is 10.7 Å². The van der Waals surface area contributed by atoms with Crippen LogP contribution in [0, 0.1) is 18.3 Å². The predicted molar refractivity (Wildman–Crippen MR) is 69.2 cm³/mol. The Hall–Kier alpha value is -1.28. The molecule has 0 aliphatic heterocycles. The van der Waals surface area contributed by atoms with Gasteiger partial charge in [0.15, 0.2) is 0 Å². The number of nitrogen functional groups attached to an aromatic ring is 1. The summed E-state index contributed by atoms with van der Waals surface area (Å²) in [5.41, 5.74) is 7.40. The summed E-state index contributed by atoms with van der Waals surface area (Å²) in [5.74, 6) is 0.814. The van der Waals surface area contributed by atoms with Gasteiger partial charge in [-0.05, 0) is 35.3 Å². The normalized spacial score (nSPS) is 11.9. The van der Waals surface area contributed by atoms with E-state index in [-0.39, 0.29) is 6.04 Å². The minimum absolute atomic E-state index is 0.122. The Balaban J connectivity index is 3.06. The molecule has 0 aromatic carbocycles. The SMILES string of the molecule is Cc1c(N)cnc(N(C)C(C)CC#N)c1Br. The van der Waals surface area contributed by atoms with Crippen LogP contribution in [0.1, 0.15) is 18.9 Å². The van der Waals surface area contributed by atoms with Crippen LogP contribution in [0.5, 0.6) is 0 Å². The third kappa shape index (κ3) is 2.45. The number of nitrogens with zero attached hydrogens (tertiary/aromatic N) is 3. The molecular weight excluding hydrogens is 268 g/mol. The third-order valence-electron chi connectivity index (χ3n) is 2.67. The standard InChI is InChI=1S/C11H15BrN4/c1-7(4-5-13)16(3)11-10(12)8(2)9(14)6-15-11/h6-7H,4,14H2,1-3H3. The molecule has 0 radical (unpaired) electrons. The Labute approximate surface area is 104 Å². The number of hydrogen-bond donors (Lipinski definition) is 1. The van der Waals surface area contributed by atoms with Gasteiger partial charge in [0.25, 0.3) is 0 Å². The number of nitriles is 1. The van der Waals surface area contributed by atoms with Gasteiger partial charge in [-0.1, -0.05) is 0 Å². The number of halogens is 1. The molecule has 16 heavy (non-hydrogen) atoms. The maximum absolute atomic E-state index is 8.67. The summed E-state index contributed by atoms with van der Waals surface area (Å²) in [4.78, 5) is 6.26. The van der Waals surface area contributed by atoms with Crippen molar-refractivity contribution >= 4 is 27.4 Å². The van der Waals surface area contributed by atoms with Crippen molar-refractivity contribution in [2.75, 3.05) is 17.7 Å². The molecule has 0 fully saturated rings. The zero-order valence-corrected chi connectivity index (χ0v) is 11.2. The van der Waals surface area contributed by atoms with Crippen LogP contribution in [0.25, 0.3) is 0 Å². The molecule has 0 bridgehead atoms. The number of nitrogens with two attached hydrogens (primary N) is 1. The minimum Gasteiger partial charge on any atom is -0.397 e. The lowest BCUT2D eigenvalue weighted by Crippen LogP contribution is -2.29. The second-order valence-electron chi connectivity index (χ2n) is 3.80. The third-order valence-corrected chi connectivity index (χ3v) is 3.62. The lowest BCUT2D eigenvalue weighted by molar-refractivity contribution is 0.692. The van der Waals surface area contributed by atoms with Crippen LogP contribution < -0.4 is 10.6 Å². The Bertz CT molecular complexity index is 425. The van der Waals surface area contributed by atoms with Crippen molar-refractivity contribution in [3.05, 3.63) is 16.2 Å². The van der Waals surface area contributed by atoms with Crippen molar-refractivity contribution in [3.8, 4) is 6.07 Å². The lowest BCUT2D eigenvalue weighted by Gasteiger charge is -2.25. The van der Waals surface area contributed by atoms with E-state index in [0.717, 1.165) is 15.9 Å². The van der Waals surface area contributed by atoms with E-state index < -0.39 is 0 Å². The van der Waals surface area contributed by atoms with Crippen LogP contribution in [0.4, 0.5) is 11.5 Å². The molecule has 0 amide bonds. The average molecular weight is 283 g/mol. The second-order valence-corrected chi connectivity index (χ2v) is 4.59. The molecule has 1 unspecified atom stereocenters. The van der Waals surface area contributed by atoms with E-state index in [1.54, 1.807) is 6.20 Å². The van der Waals surface area contributed by atoms with Gasteiger partial charge in [-0.25, -0.2) is 4.98 Å². The van der Waals surface area contributed by atoms with Gasteiger partial charge >= 0.3 is 0 Å². The minimum atomic E-state index is 0.122. The van der Waals surface area contributed by atoms with Gasteiger partial charge in [0.2, 0.25) is 0 Å². The summed E-state index contributed by atoms with van der Waals surface area (Å²) in [5, 5.41) is 8.67. The van der Waals surface area contributed by atoms with Crippen molar-refractivity contribution in [3.63, 3.8) is 0 Å². The quantitative estimate of drug-likeness (QED) is 0.925. The van der Waals surface area contributed by atoms with Crippen LogP contribution in [-0.2, 0) is 0 Å². The van der Waals surface area contributed by atoms with Crippen molar-refractivity contribution in [1.82, 2.24) is 4.98 Å². The molecule has 1 heterocycles. The Morgan fingerprint density at radius 2 is 2.31 bits per heavy atom. The highest BCUT2D eigenvalue weighted by Crippen LogP contribution is 2.30. The fraction of sp³-hybridized carbons (Fsp3) is 0.455. The number of pyridine rings is 1. The van der Waals surface area contributed by atoms with E-state index in [4.69, 9.17) is 11.0 Å². The van der Waals surface area contributed by atoms with Gasteiger partial charge in [-0.15, -0.1) is 0 Å². The summed E-state index contributed by atoms with van der Waals surface area (Å²) in [6.45, 7) is 3.93. The lowest BCUT2D eigenvalue weighted by atomic mass is 10.2. The highest BCUT2D eigenvalue weighted by Gasteiger charge is 2.16. The molecular formula is C11H15BrN4. The van der Waals surface area contributed by atoms with Crippen molar-refractivity contribution < 1.29 is 0 Å². The molecule has 1 aromatic rings. The van der Waals surface area contributed by atoms with Gasteiger partial charge in [-0.3, -0.25) is 0 Å². The van der Waals surface area contributed by atoms with Crippen molar-refractivity contribution in [2.24, 2.45) is 0 Å². The van der Waals surface area contributed by atoms with E-state index in [0.29, 0.717) is 12.1 Å². The molecule has 1 atom stereocenters. The molecule has 1 aromatic heterocycles. The van der Waals surface area contributed by atoms with Crippen LogP contribution in [-0.4, -0.2) is 18.1 Å².